The second-order valence-electron chi connectivity index (χ2n) is 20.8. The molecule has 22 heteroatoms. The summed E-state index contributed by atoms with van der Waals surface area (Å²) in [6, 6.07) is 25.2. The lowest BCUT2D eigenvalue weighted by molar-refractivity contribution is -0.401. The van der Waals surface area contributed by atoms with Gasteiger partial charge in [-0.05, 0) is 109 Å². The van der Waals surface area contributed by atoms with Gasteiger partial charge in [-0.15, -0.1) is 0 Å². The zero-order valence-corrected chi connectivity index (χ0v) is 47.4. The van der Waals surface area contributed by atoms with Crippen molar-refractivity contribution >= 4 is 96.6 Å². The first-order valence-corrected chi connectivity index (χ1v) is 31.1. The zero-order valence-electron chi connectivity index (χ0n) is 44.1. The van der Waals surface area contributed by atoms with Gasteiger partial charge in [-0.25, -0.2) is 0 Å². The van der Waals surface area contributed by atoms with E-state index in [1.807, 2.05) is 97.9 Å². The molecule has 80 heavy (non-hydrogen) atoms. The van der Waals surface area contributed by atoms with Crippen molar-refractivity contribution < 1.29 is 66.0 Å². The van der Waals surface area contributed by atoms with E-state index in [1.54, 1.807) is 42.3 Å². The molecule has 0 fully saturated rings. The van der Waals surface area contributed by atoms with Crippen molar-refractivity contribution in [2.24, 2.45) is 0 Å². The number of allylic oxidation sites excluding steroid dienone is 6. The Morgan fingerprint density at radius 3 is 1.85 bits per heavy atom. The summed E-state index contributed by atoms with van der Waals surface area (Å²) in [7, 11) is -18.0. The summed E-state index contributed by atoms with van der Waals surface area (Å²) in [4.78, 5) is 27.8. The molecule has 0 bridgehead atoms. The van der Waals surface area contributed by atoms with Crippen molar-refractivity contribution in [3.63, 3.8) is 0 Å². The van der Waals surface area contributed by atoms with Crippen LogP contribution in [0.4, 0.5) is 17.1 Å². The number of rotatable bonds is 16. The maximum Gasteiger partial charge on any atom is 0.295 e. The Kier molecular flexibility index (Phi) is 15.3. The fourth-order valence-electron chi connectivity index (χ4n) is 11.2. The van der Waals surface area contributed by atoms with Crippen LogP contribution in [-0.4, -0.2) is 94.1 Å². The van der Waals surface area contributed by atoms with Crippen LogP contribution < -0.4 is 15.1 Å². The van der Waals surface area contributed by atoms with Gasteiger partial charge in [0.1, 0.15) is 16.8 Å². The molecule has 0 radical (unpaired) electrons. The smallest absolute Gasteiger partial charge is 0.295 e. The van der Waals surface area contributed by atoms with E-state index in [-0.39, 0.29) is 52.7 Å². The molecule has 9 rings (SSSR count). The van der Waals surface area contributed by atoms with E-state index in [4.69, 9.17) is 0 Å². The first-order chi connectivity index (χ1) is 37.5. The third-order valence-corrected chi connectivity index (χ3v) is 18.4. The van der Waals surface area contributed by atoms with Crippen LogP contribution in [0.5, 0.6) is 0 Å². The van der Waals surface area contributed by atoms with Crippen molar-refractivity contribution in [1.82, 2.24) is 5.32 Å². The number of fused-ring (bicyclic) bond motifs is 8. The largest absolute Gasteiger partial charge is 0.356 e. The fourth-order valence-corrected chi connectivity index (χ4v) is 13.9. The Balaban J connectivity index is 0.943. The van der Waals surface area contributed by atoms with Gasteiger partial charge in [-0.2, -0.15) is 38.2 Å². The molecule has 6 aromatic rings. The summed E-state index contributed by atoms with van der Waals surface area (Å²) in [5.41, 5.74) is 5.05. The van der Waals surface area contributed by atoms with E-state index in [1.165, 1.54) is 24.3 Å². The van der Waals surface area contributed by atoms with Crippen molar-refractivity contribution in [3.8, 4) is 11.8 Å². The quantitative estimate of drug-likeness (QED) is 0.0199. The number of anilines is 2. The zero-order chi connectivity index (χ0) is 57.9. The number of hydrogen-bond acceptors (Lipinski definition) is 11. The number of nitrogens with one attached hydrogen (secondary N) is 1. The SMILES string of the molecule is C[N+]1=C(/C=C/C=C/C=C2/N(CCCCCC(=O)NCCC(=O)N3Cc4ccccc4C#Cc4ccccc43)c3ccc4c(S(=O)(=O)O)cc(S(=O)(=O)O)cc4c3C2(C)C)C(C)(C)c2c1ccc1c(S(=O)(=O)O)cc(S(=O)(=O)O)cc21. The second kappa shape index (κ2) is 21.3. The average Bonchev–Trinajstić information content (AvgIpc) is 3.84. The molecule has 3 aliphatic heterocycles. The number of benzene rings is 6. The molecule has 6 aromatic carbocycles. The van der Waals surface area contributed by atoms with Crippen LogP contribution in [-0.2, 0) is 67.4 Å². The van der Waals surface area contributed by atoms with E-state index in [0.717, 1.165) is 16.7 Å². The molecule has 0 atom stereocenters. The highest BCUT2D eigenvalue weighted by Crippen LogP contribution is 2.52. The third-order valence-electron chi connectivity index (χ3n) is 14.9. The minimum absolute atomic E-state index is 0.0305. The van der Waals surface area contributed by atoms with E-state index in [0.29, 0.717) is 84.1 Å². The van der Waals surface area contributed by atoms with Crippen molar-refractivity contribution in [1.29, 1.82) is 0 Å². The van der Waals surface area contributed by atoms with Gasteiger partial charge in [0.25, 0.3) is 40.5 Å². The summed E-state index contributed by atoms with van der Waals surface area (Å²) < 4.78 is 143. The van der Waals surface area contributed by atoms with E-state index >= 15 is 0 Å². The van der Waals surface area contributed by atoms with Crippen LogP contribution in [0.25, 0.3) is 21.5 Å². The highest BCUT2D eigenvalue weighted by Gasteiger charge is 2.45. The Labute approximate surface area is 464 Å². The van der Waals surface area contributed by atoms with Gasteiger partial charge in [-0.3, -0.25) is 27.8 Å². The number of amides is 2. The van der Waals surface area contributed by atoms with Gasteiger partial charge in [-0.1, -0.05) is 86.7 Å². The molecular weight excluding hydrogens is 1100 g/mol. The topological polar surface area (TPSA) is 273 Å². The monoisotopic (exact) mass is 1160 g/mol. The van der Waals surface area contributed by atoms with Crippen molar-refractivity contribution in [2.45, 2.75) is 96.8 Å². The number of nitrogens with zero attached hydrogens (tertiary/aromatic N) is 3. The molecule has 0 aliphatic carbocycles. The van der Waals surface area contributed by atoms with Crippen LogP contribution in [0, 0.1) is 11.8 Å². The molecule has 3 heterocycles. The molecular formula is C58H57N4O14S4+. The summed E-state index contributed by atoms with van der Waals surface area (Å²) in [5.74, 6) is 6.01. The Morgan fingerprint density at radius 2 is 1.21 bits per heavy atom. The number of para-hydroxylation sites is 1. The lowest BCUT2D eigenvalue weighted by atomic mass is 9.79. The van der Waals surface area contributed by atoms with Crippen LogP contribution in [0.1, 0.15) is 87.6 Å². The summed E-state index contributed by atoms with van der Waals surface area (Å²) in [6.45, 7) is 8.32. The van der Waals surface area contributed by atoms with E-state index < -0.39 is 70.9 Å². The fraction of sp³-hybridized carbons (Fsp3) is 0.259. The molecule has 3 aliphatic rings. The molecule has 0 saturated heterocycles. The van der Waals surface area contributed by atoms with Gasteiger partial charge in [0.15, 0.2) is 5.71 Å². The summed E-state index contributed by atoms with van der Waals surface area (Å²) in [5, 5.41) is 3.33. The number of unbranched alkanes of at least 4 members (excludes halogenated alkanes) is 2. The summed E-state index contributed by atoms with van der Waals surface area (Å²) >= 11 is 0. The summed E-state index contributed by atoms with van der Waals surface area (Å²) in [6.07, 6.45) is 10.9. The molecule has 0 saturated carbocycles. The van der Waals surface area contributed by atoms with Crippen LogP contribution in [0.3, 0.4) is 0 Å². The van der Waals surface area contributed by atoms with E-state index in [2.05, 4.69) is 17.2 Å². The minimum Gasteiger partial charge on any atom is -0.356 e. The van der Waals surface area contributed by atoms with Gasteiger partial charge < -0.3 is 15.1 Å². The molecule has 5 N–H and O–H groups in total. The Bertz CT molecular complexity index is 4300. The molecule has 0 spiro atoms. The Hall–Kier alpha value is -7.33. The van der Waals surface area contributed by atoms with Crippen LogP contribution >= 0.6 is 0 Å². The highest BCUT2D eigenvalue weighted by atomic mass is 32.2. The third kappa shape index (κ3) is 11.1. The lowest BCUT2D eigenvalue weighted by Gasteiger charge is -2.27. The molecule has 0 unspecified atom stereocenters. The predicted molar refractivity (Wildman–Crippen MR) is 304 cm³/mol. The van der Waals surface area contributed by atoms with E-state index in [9.17, 15) is 61.5 Å². The normalized spacial score (nSPS) is 16.4. The number of carbonyl (C=O) groups excluding carboxylic acids is 2. The maximum absolute atomic E-state index is 13.7. The minimum atomic E-state index is -5.00. The van der Waals surface area contributed by atoms with Gasteiger partial charge in [0, 0.05) is 82.3 Å². The molecule has 0 aromatic heterocycles. The lowest BCUT2D eigenvalue weighted by Crippen LogP contribution is -2.35. The van der Waals surface area contributed by atoms with Crippen LogP contribution in [0.2, 0.25) is 0 Å². The first kappa shape index (κ1) is 57.4. The highest BCUT2D eigenvalue weighted by molar-refractivity contribution is 7.87. The van der Waals surface area contributed by atoms with Crippen molar-refractivity contribution in [3.05, 3.63) is 161 Å². The maximum atomic E-state index is 13.7. The molecule has 2 amide bonds. The average molecular weight is 1160 g/mol. The Morgan fingerprint density at radius 1 is 0.625 bits per heavy atom. The number of hydrogen-bond donors (Lipinski definition) is 5. The van der Waals surface area contributed by atoms with Crippen molar-refractivity contribution in [2.75, 3.05) is 29.9 Å². The predicted octanol–water partition coefficient (Wildman–Crippen LogP) is 8.79. The van der Waals surface area contributed by atoms with Gasteiger partial charge >= 0.3 is 0 Å². The first-order valence-electron chi connectivity index (χ1n) is 25.3. The standard InChI is InChI=1S/C58H56N4O14S4/c1-57(2)51(60(5)47-27-25-42-44(55(47)57)32-40(77(65,66)67)34-49(42)79(71,72)73)20-8-6-9-21-52-58(3,4)56-45-33-41(78(68,69)70)35-50(80(74,75)76)43(45)26-28-48(56)61(52)31-15-7-10-22-53(63)59-30-29-54(64)62-36-39-18-12-11-16-37(39)23-24-38-17-13-14-19-46(38)62/h6,8-9,11-14,16-21,25-28,32-35H,7,10,15,22,29-31,36H2,1-5H3,(H4-,59,63,65,66,67,68,69,70,71,72,73,74,75,76)/p+1. The van der Waals surface area contributed by atoms with Gasteiger partial charge in [0.2, 0.25) is 17.5 Å². The van der Waals surface area contributed by atoms with Crippen LogP contribution in [0.15, 0.2) is 153 Å². The molecule has 18 nitrogen and oxygen atoms in total. The number of carbonyl (C=O) groups is 2. The molecule has 416 valence electrons. The van der Waals surface area contributed by atoms with Gasteiger partial charge in [0.05, 0.1) is 27.4 Å². The second-order valence-corrected chi connectivity index (χ2v) is 26.4.